The zero-order valence-corrected chi connectivity index (χ0v) is 15.6. The van der Waals surface area contributed by atoms with Gasteiger partial charge in [0.25, 0.3) is 10.0 Å². The van der Waals surface area contributed by atoms with Gasteiger partial charge >= 0.3 is 0 Å². The van der Waals surface area contributed by atoms with Gasteiger partial charge in [0.05, 0.1) is 24.1 Å². The number of aryl methyl sites for hydroxylation is 1. The van der Waals surface area contributed by atoms with Gasteiger partial charge < -0.3 is 9.84 Å². The summed E-state index contributed by atoms with van der Waals surface area (Å²) in [6, 6.07) is 10.0. The van der Waals surface area contributed by atoms with Crippen LogP contribution in [0.4, 0.5) is 0 Å². The van der Waals surface area contributed by atoms with Gasteiger partial charge in [0, 0.05) is 21.6 Å². The fourth-order valence-corrected chi connectivity index (χ4v) is 4.76. The highest BCUT2D eigenvalue weighted by Crippen LogP contribution is 2.36. The molecule has 24 heavy (non-hydrogen) atoms. The van der Waals surface area contributed by atoms with E-state index >= 15 is 0 Å². The Morgan fingerprint density at radius 1 is 1.21 bits per heavy atom. The molecule has 0 radical (unpaired) electrons. The molecule has 0 bridgehead atoms. The van der Waals surface area contributed by atoms with E-state index in [9.17, 15) is 13.5 Å². The Bertz CT molecular complexity index is 1010. The third-order valence-corrected chi connectivity index (χ3v) is 6.21. The largest absolute Gasteiger partial charge is 0.496 e. The first-order chi connectivity index (χ1) is 11.4. The maximum absolute atomic E-state index is 13.0. The molecule has 7 heteroatoms. The molecule has 0 saturated heterocycles. The summed E-state index contributed by atoms with van der Waals surface area (Å²) < 4.78 is 33.0. The highest BCUT2D eigenvalue weighted by Gasteiger charge is 2.22. The maximum atomic E-state index is 13.0. The van der Waals surface area contributed by atoms with E-state index in [1.807, 2.05) is 6.92 Å². The van der Waals surface area contributed by atoms with E-state index in [-0.39, 0.29) is 11.5 Å². The average Bonchev–Trinajstić information content (AvgIpc) is 3.01. The molecule has 0 spiro atoms. The minimum Gasteiger partial charge on any atom is -0.496 e. The van der Waals surface area contributed by atoms with Crippen molar-refractivity contribution in [3.05, 3.63) is 58.2 Å². The standard InChI is InChI=1S/C17H16BrNO4S/c1-11-3-5-12(6-4-11)24(21,22)19-8-7-13-14(10-20)16(23-2)9-15(18)17(13)19/h3-9,20H,10H2,1-2H3. The van der Waals surface area contributed by atoms with Crippen LogP contribution in [0, 0.1) is 6.92 Å². The number of aromatic nitrogens is 1. The van der Waals surface area contributed by atoms with Crippen LogP contribution in [0.3, 0.4) is 0 Å². The van der Waals surface area contributed by atoms with Gasteiger partial charge in [0.2, 0.25) is 0 Å². The number of aliphatic hydroxyl groups excluding tert-OH is 1. The average molecular weight is 410 g/mol. The van der Waals surface area contributed by atoms with E-state index in [4.69, 9.17) is 4.74 Å². The molecule has 0 aliphatic carbocycles. The fourth-order valence-electron chi connectivity index (χ4n) is 2.66. The van der Waals surface area contributed by atoms with Crippen molar-refractivity contribution in [2.75, 3.05) is 7.11 Å². The molecular weight excluding hydrogens is 394 g/mol. The number of hydrogen-bond donors (Lipinski definition) is 1. The van der Waals surface area contributed by atoms with Crippen molar-refractivity contribution >= 4 is 36.9 Å². The van der Waals surface area contributed by atoms with E-state index in [1.165, 1.54) is 17.3 Å². The van der Waals surface area contributed by atoms with Gasteiger partial charge in [-0.15, -0.1) is 0 Å². The van der Waals surface area contributed by atoms with Crippen LogP contribution in [0.5, 0.6) is 5.75 Å². The van der Waals surface area contributed by atoms with E-state index in [0.29, 0.717) is 26.7 Å². The smallest absolute Gasteiger partial charge is 0.268 e. The van der Waals surface area contributed by atoms with Crippen LogP contribution >= 0.6 is 15.9 Å². The number of nitrogens with zero attached hydrogens (tertiary/aromatic N) is 1. The lowest BCUT2D eigenvalue weighted by Gasteiger charge is -2.12. The molecular formula is C17H16BrNO4S. The van der Waals surface area contributed by atoms with Gasteiger partial charge in [-0.25, -0.2) is 12.4 Å². The highest BCUT2D eigenvalue weighted by molar-refractivity contribution is 9.10. The second-order valence-electron chi connectivity index (χ2n) is 5.39. The molecule has 3 rings (SSSR count). The lowest BCUT2D eigenvalue weighted by Crippen LogP contribution is -2.12. The van der Waals surface area contributed by atoms with E-state index in [0.717, 1.165) is 5.56 Å². The fraction of sp³-hybridized carbons (Fsp3) is 0.176. The van der Waals surface area contributed by atoms with E-state index in [1.54, 1.807) is 36.4 Å². The number of aliphatic hydroxyl groups is 1. The number of halogens is 1. The molecule has 0 atom stereocenters. The molecule has 0 aliphatic rings. The summed E-state index contributed by atoms with van der Waals surface area (Å²) in [4.78, 5) is 0.207. The van der Waals surface area contributed by atoms with Gasteiger partial charge in [-0.2, -0.15) is 0 Å². The van der Waals surface area contributed by atoms with Crippen molar-refractivity contribution in [1.82, 2.24) is 3.97 Å². The quantitative estimate of drug-likeness (QED) is 0.716. The number of benzene rings is 2. The highest BCUT2D eigenvalue weighted by atomic mass is 79.9. The maximum Gasteiger partial charge on any atom is 0.268 e. The molecule has 3 aromatic rings. The summed E-state index contributed by atoms with van der Waals surface area (Å²) in [5.41, 5.74) is 2.01. The molecule has 5 nitrogen and oxygen atoms in total. The second-order valence-corrected chi connectivity index (χ2v) is 8.06. The van der Waals surface area contributed by atoms with Crippen molar-refractivity contribution in [2.45, 2.75) is 18.4 Å². The van der Waals surface area contributed by atoms with Crippen molar-refractivity contribution < 1.29 is 18.3 Å². The van der Waals surface area contributed by atoms with E-state index < -0.39 is 10.0 Å². The van der Waals surface area contributed by atoms with Gasteiger partial charge in [0.1, 0.15) is 5.75 Å². The number of hydrogen-bond acceptors (Lipinski definition) is 4. The Morgan fingerprint density at radius 3 is 2.46 bits per heavy atom. The zero-order valence-electron chi connectivity index (χ0n) is 13.2. The van der Waals surface area contributed by atoms with Gasteiger partial charge in [-0.05, 0) is 47.1 Å². The Hall–Kier alpha value is -1.83. The van der Waals surface area contributed by atoms with Gasteiger partial charge in [-0.3, -0.25) is 0 Å². The Labute approximate surface area is 148 Å². The summed E-state index contributed by atoms with van der Waals surface area (Å²) in [6.07, 6.45) is 1.49. The lowest BCUT2D eigenvalue weighted by atomic mass is 10.1. The van der Waals surface area contributed by atoms with Crippen LogP contribution in [-0.4, -0.2) is 24.6 Å². The molecule has 0 aliphatic heterocycles. The molecule has 0 amide bonds. The second kappa shape index (κ2) is 6.23. The Balaban J connectivity index is 2.30. The number of ether oxygens (including phenoxy) is 1. The zero-order chi connectivity index (χ0) is 17.5. The molecule has 1 aromatic heterocycles. The number of methoxy groups -OCH3 is 1. The van der Waals surface area contributed by atoms with Crippen LogP contribution in [-0.2, 0) is 16.6 Å². The van der Waals surface area contributed by atoms with Crippen molar-refractivity contribution in [3.8, 4) is 5.75 Å². The van der Waals surface area contributed by atoms with Crippen LogP contribution < -0.4 is 4.74 Å². The first kappa shape index (κ1) is 17.0. The molecule has 1 N–H and O–H groups in total. The third-order valence-electron chi connectivity index (χ3n) is 3.91. The van der Waals surface area contributed by atoms with Crippen molar-refractivity contribution in [2.24, 2.45) is 0 Å². The lowest BCUT2D eigenvalue weighted by molar-refractivity contribution is 0.275. The predicted octanol–water partition coefficient (Wildman–Crippen LogP) is 3.45. The summed E-state index contributed by atoms with van der Waals surface area (Å²) in [5.74, 6) is 0.502. The molecule has 0 saturated carbocycles. The first-order valence-corrected chi connectivity index (χ1v) is 9.43. The third kappa shape index (κ3) is 2.62. The van der Waals surface area contributed by atoms with E-state index in [2.05, 4.69) is 15.9 Å². The topological polar surface area (TPSA) is 68.5 Å². The monoisotopic (exact) mass is 409 g/mol. The molecule has 0 fully saturated rings. The minimum atomic E-state index is -3.74. The van der Waals surface area contributed by atoms with Crippen molar-refractivity contribution in [3.63, 3.8) is 0 Å². The van der Waals surface area contributed by atoms with Crippen LogP contribution in [0.25, 0.3) is 10.9 Å². The Kier molecular flexibility index (Phi) is 4.42. The first-order valence-electron chi connectivity index (χ1n) is 7.19. The van der Waals surface area contributed by atoms with Crippen LogP contribution in [0.1, 0.15) is 11.1 Å². The predicted molar refractivity (Wildman–Crippen MR) is 95.9 cm³/mol. The van der Waals surface area contributed by atoms with Crippen molar-refractivity contribution in [1.29, 1.82) is 0 Å². The number of rotatable bonds is 4. The van der Waals surface area contributed by atoms with Gasteiger partial charge in [-0.1, -0.05) is 17.7 Å². The number of fused-ring (bicyclic) bond motifs is 1. The molecule has 126 valence electrons. The minimum absolute atomic E-state index is 0.207. The Morgan fingerprint density at radius 2 is 1.88 bits per heavy atom. The summed E-state index contributed by atoms with van der Waals surface area (Å²) >= 11 is 3.41. The normalized spacial score (nSPS) is 11.8. The molecule has 2 aromatic carbocycles. The summed E-state index contributed by atoms with van der Waals surface area (Å²) in [5, 5.41) is 10.3. The molecule has 0 unspecified atom stereocenters. The SMILES string of the molecule is COc1cc(Br)c2c(ccn2S(=O)(=O)c2ccc(C)cc2)c1CO. The summed E-state index contributed by atoms with van der Waals surface area (Å²) in [7, 11) is -2.24. The summed E-state index contributed by atoms with van der Waals surface area (Å²) in [6.45, 7) is 1.65. The van der Waals surface area contributed by atoms with Crippen LogP contribution in [0.2, 0.25) is 0 Å². The van der Waals surface area contributed by atoms with Crippen LogP contribution in [0.15, 0.2) is 52.0 Å². The molecule has 1 heterocycles. The van der Waals surface area contributed by atoms with Gasteiger partial charge in [0.15, 0.2) is 0 Å².